The molecule has 0 unspecified atom stereocenters. The molecule has 2 aliphatic rings. The molecule has 2 aliphatic heterocycles. The van der Waals surface area contributed by atoms with E-state index in [0.717, 1.165) is 64.1 Å². The van der Waals surface area contributed by atoms with E-state index in [2.05, 4.69) is 33.5 Å². The van der Waals surface area contributed by atoms with Crippen molar-refractivity contribution in [3.05, 3.63) is 94.2 Å². The molecule has 0 radical (unpaired) electrons. The molecule has 2 fully saturated rings. The number of ether oxygens (including phenoxy) is 1. The Morgan fingerprint density at radius 2 is 1.37 bits per heavy atom. The number of methoxy groups -OCH3 is 1. The number of hydrogen-bond donors (Lipinski definition) is 4. The Morgan fingerprint density at radius 1 is 0.755 bits per heavy atom. The third kappa shape index (κ3) is 7.28. The van der Waals surface area contributed by atoms with E-state index in [1.165, 1.54) is 0 Å². The lowest BCUT2D eigenvalue weighted by atomic mass is 9.98. The summed E-state index contributed by atoms with van der Waals surface area (Å²) in [5.41, 5.74) is 7.40. The molecule has 2 saturated heterocycles. The molecule has 252 valence electrons. The summed E-state index contributed by atoms with van der Waals surface area (Å²) >= 11 is 14.2. The zero-order valence-corrected chi connectivity index (χ0v) is 28.6. The number of carbonyl (C=O) groups is 2. The summed E-state index contributed by atoms with van der Waals surface area (Å²) in [6, 6.07) is 20.0. The van der Waals surface area contributed by atoms with Crippen LogP contribution in [0.3, 0.4) is 0 Å². The Balaban J connectivity index is 1.09. The van der Waals surface area contributed by atoms with E-state index >= 15 is 0 Å². The van der Waals surface area contributed by atoms with Gasteiger partial charge in [-0.05, 0) is 30.5 Å². The number of nitrogens with zero attached hydrogens (tertiary/aromatic N) is 3. The van der Waals surface area contributed by atoms with Crippen molar-refractivity contribution in [3.63, 3.8) is 0 Å². The lowest BCUT2D eigenvalue weighted by molar-refractivity contribution is -0.120. The molecule has 2 atom stereocenters. The van der Waals surface area contributed by atoms with Crippen molar-refractivity contribution >= 4 is 40.7 Å². The van der Waals surface area contributed by atoms with Gasteiger partial charge in [-0.25, -0.2) is 9.97 Å². The van der Waals surface area contributed by atoms with E-state index in [9.17, 15) is 9.59 Å². The summed E-state index contributed by atoms with van der Waals surface area (Å²) in [5, 5.41) is 13.9. The molecule has 12 heteroatoms. The molecule has 2 amide bonds. The average molecular weight is 699 g/mol. The van der Waals surface area contributed by atoms with Crippen molar-refractivity contribution in [3.8, 4) is 39.5 Å². The zero-order chi connectivity index (χ0) is 33.9. The number of benzene rings is 2. The Labute approximate surface area is 294 Å². The standard InChI is InChI=1S/C37H37Cl2N7O3/c1-49-37-23(17-41-19-25-11-15-34(48)43-25)9-12-30(45-37)28-6-2-4-26(35(28)38)27-5-3-7-29(36(27)39)31-21-46-20-22(8-13-32(46)44-31)16-40-18-24-10-14-33(47)42-24/h2-9,12-13,20-21,24-25,40-41H,10-11,14-19H2,1H3,(H,42,47)(H,43,48)/t24-,25-/m1/s1. The van der Waals surface area contributed by atoms with Gasteiger partial charge in [-0.3, -0.25) is 9.59 Å². The van der Waals surface area contributed by atoms with Crippen LogP contribution < -0.4 is 26.0 Å². The van der Waals surface area contributed by atoms with Crippen LogP contribution in [-0.2, 0) is 22.7 Å². The maximum absolute atomic E-state index is 11.5. The molecule has 3 aromatic heterocycles. The van der Waals surface area contributed by atoms with E-state index in [-0.39, 0.29) is 23.9 Å². The van der Waals surface area contributed by atoms with Gasteiger partial charge in [0.2, 0.25) is 17.7 Å². The largest absolute Gasteiger partial charge is 0.481 e. The zero-order valence-electron chi connectivity index (χ0n) is 27.1. The first-order valence-corrected chi connectivity index (χ1v) is 17.2. The van der Waals surface area contributed by atoms with E-state index in [1.807, 2.05) is 65.2 Å². The van der Waals surface area contributed by atoms with Gasteiger partial charge in [-0.15, -0.1) is 0 Å². The summed E-state index contributed by atoms with van der Waals surface area (Å²) in [5.74, 6) is 0.734. The third-order valence-electron chi connectivity index (χ3n) is 9.08. The van der Waals surface area contributed by atoms with Crippen LogP contribution in [0.2, 0.25) is 10.0 Å². The molecule has 5 aromatic rings. The number of hydrogen-bond acceptors (Lipinski definition) is 7. The molecule has 0 bridgehead atoms. The first-order chi connectivity index (χ1) is 23.9. The summed E-state index contributed by atoms with van der Waals surface area (Å²) in [6.45, 7) is 2.66. The fraction of sp³-hybridized carbons (Fsp3) is 0.297. The topological polar surface area (TPSA) is 122 Å². The number of nitrogens with one attached hydrogen (secondary N) is 4. The van der Waals surface area contributed by atoms with Gasteiger partial charge < -0.3 is 30.4 Å². The van der Waals surface area contributed by atoms with Crippen molar-refractivity contribution in [1.82, 2.24) is 35.6 Å². The lowest BCUT2D eigenvalue weighted by Crippen LogP contribution is -2.35. The first kappa shape index (κ1) is 33.0. The minimum atomic E-state index is 0.102. The van der Waals surface area contributed by atoms with Crippen LogP contribution in [0.5, 0.6) is 5.88 Å². The van der Waals surface area contributed by atoms with Crippen LogP contribution in [0.4, 0.5) is 0 Å². The summed E-state index contributed by atoms with van der Waals surface area (Å²) < 4.78 is 7.66. The SMILES string of the molecule is COc1nc(-c2cccc(-c3cccc(-c4cn5cc(CNC[C@H]6CCC(=O)N6)ccc5n4)c3Cl)c2Cl)ccc1CNC[C@H]1CCC(=O)N1. The number of fused-ring (bicyclic) bond motifs is 1. The summed E-state index contributed by atoms with van der Waals surface area (Å²) in [6.07, 6.45) is 6.92. The molecule has 0 spiro atoms. The molecule has 4 N–H and O–H groups in total. The molecule has 49 heavy (non-hydrogen) atoms. The van der Waals surface area contributed by atoms with Crippen LogP contribution in [0, 0.1) is 0 Å². The van der Waals surface area contributed by atoms with Crippen LogP contribution in [0.15, 0.2) is 73.1 Å². The lowest BCUT2D eigenvalue weighted by Gasteiger charge is -2.15. The van der Waals surface area contributed by atoms with E-state index in [1.54, 1.807) is 7.11 Å². The third-order valence-corrected chi connectivity index (χ3v) is 9.89. The van der Waals surface area contributed by atoms with Gasteiger partial charge in [0.05, 0.1) is 28.5 Å². The minimum absolute atomic E-state index is 0.102. The normalized spacial score (nSPS) is 17.4. The van der Waals surface area contributed by atoms with Crippen LogP contribution in [0.1, 0.15) is 36.8 Å². The second kappa shape index (κ2) is 14.6. The van der Waals surface area contributed by atoms with Crippen LogP contribution >= 0.6 is 23.2 Å². The van der Waals surface area contributed by atoms with E-state index in [4.69, 9.17) is 37.9 Å². The first-order valence-electron chi connectivity index (χ1n) is 16.5. The number of rotatable bonds is 12. The molecular formula is C37H37Cl2N7O3. The molecule has 10 nitrogen and oxygen atoms in total. The quantitative estimate of drug-likeness (QED) is 0.130. The highest BCUT2D eigenvalue weighted by Crippen LogP contribution is 2.42. The predicted molar refractivity (Wildman–Crippen MR) is 192 cm³/mol. The van der Waals surface area contributed by atoms with Gasteiger partial charge >= 0.3 is 0 Å². The Kier molecular flexibility index (Phi) is 9.81. The highest BCUT2D eigenvalue weighted by Gasteiger charge is 2.22. The monoisotopic (exact) mass is 697 g/mol. The number of amides is 2. The molecule has 0 aliphatic carbocycles. The van der Waals surface area contributed by atoms with Gasteiger partial charge in [0.15, 0.2) is 0 Å². The van der Waals surface area contributed by atoms with Gasteiger partial charge in [-0.1, -0.05) is 71.7 Å². The summed E-state index contributed by atoms with van der Waals surface area (Å²) in [7, 11) is 1.60. The highest BCUT2D eigenvalue weighted by atomic mass is 35.5. The van der Waals surface area contributed by atoms with Crippen molar-refractivity contribution in [2.24, 2.45) is 0 Å². The molecule has 7 rings (SSSR count). The number of carbonyl (C=O) groups excluding carboxylic acids is 2. The summed E-state index contributed by atoms with van der Waals surface area (Å²) in [4.78, 5) is 32.6. The second-order valence-corrected chi connectivity index (χ2v) is 13.3. The van der Waals surface area contributed by atoms with Gasteiger partial charge in [0.25, 0.3) is 0 Å². The number of imidazole rings is 1. The highest BCUT2D eigenvalue weighted by molar-refractivity contribution is 6.39. The number of aromatic nitrogens is 3. The predicted octanol–water partition coefficient (Wildman–Crippen LogP) is 5.78. The van der Waals surface area contributed by atoms with Crippen molar-refractivity contribution in [1.29, 1.82) is 0 Å². The number of halogens is 2. The fourth-order valence-electron chi connectivity index (χ4n) is 6.51. The maximum Gasteiger partial charge on any atom is 0.220 e. The van der Waals surface area contributed by atoms with E-state index < -0.39 is 0 Å². The van der Waals surface area contributed by atoms with Gasteiger partial charge in [0, 0.05) is 91.3 Å². The molecule has 5 heterocycles. The minimum Gasteiger partial charge on any atom is -0.481 e. The number of pyridine rings is 2. The Morgan fingerprint density at radius 3 is 1.98 bits per heavy atom. The van der Waals surface area contributed by atoms with Crippen LogP contribution in [0.25, 0.3) is 39.3 Å². The van der Waals surface area contributed by atoms with Crippen molar-refractivity contribution < 1.29 is 14.3 Å². The second-order valence-electron chi connectivity index (χ2n) is 12.5. The van der Waals surface area contributed by atoms with E-state index in [0.29, 0.717) is 54.1 Å². The average Bonchev–Trinajstić information content (AvgIpc) is 3.84. The molecule has 0 saturated carbocycles. The Bertz CT molecular complexity index is 2030. The van der Waals surface area contributed by atoms with Gasteiger partial charge in [0.1, 0.15) is 5.65 Å². The Hall–Kier alpha value is -4.48. The van der Waals surface area contributed by atoms with Crippen molar-refractivity contribution in [2.75, 3.05) is 20.2 Å². The molecular weight excluding hydrogens is 661 g/mol. The fourth-order valence-corrected chi connectivity index (χ4v) is 7.16. The van der Waals surface area contributed by atoms with Gasteiger partial charge in [-0.2, -0.15) is 0 Å². The van der Waals surface area contributed by atoms with Crippen molar-refractivity contribution in [2.45, 2.75) is 50.9 Å². The smallest absolute Gasteiger partial charge is 0.220 e. The molecule has 2 aromatic carbocycles. The van der Waals surface area contributed by atoms with Crippen LogP contribution in [-0.4, -0.2) is 58.5 Å². The maximum atomic E-state index is 11.5.